The fraction of sp³-hybridized carbons (Fsp3) is 0.692. The highest BCUT2D eigenvalue weighted by Gasteiger charge is 2.28. The van der Waals surface area contributed by atoms with E-state index in [1.54, 1.807) is 0 Å². The van der Waals surface area contributed by atoms with Crippen molar-refractivity contribution >= 4 is 5.82 Å². The first kappa shape index (κ1) is 10.1. The minimum absolute atomic E-state index is 0.603. The molecule has 0 aliphatic heterocycles. The smallest absolute Gasteiger partial charge is 0.134 e. The first-order chi connectivity index (χ1) is 7.83. The summed E-state index contributed by atoms with van der Waals surface area (Å²) in [4.78, 5) is 9.09. The van der Waals surface area contributed by atoms with Crippen LogP contribution in [0.25, 0.3) is 0 Å². The Balaban J connectivity index is 1.86. The topological polar surface area (TPSA) is 51.8 Å². The Morgan fingerprint density at radius 3 is 2.38 bits per heavy atom. The second kappa shape index (κ2) is 4.04. The second-order valence-electron chi connectivity index (χ2n) is 5.19. The number of hydrogen-bond acceptors (Lipinski definition) is 3. The Labute approximate surface area is 96.5 Å². The molecule has 16 heavy (non-hydrogen) atoms. The van der Waals surface area contributed by atoms with Crippen molar-refractivity contribution in [3.05, 3.63) is 17.6 Å². The van der Waals surface area contributed by atoms with Crippen LogP contribution in [0.4, 0.5) is 5.82 Å². The summed E-state index contributed by atoms with van der Waals surface area (Å²) >= 11 is 0. The van der Waals surface area contributed by atoms with E-state index in [4.69, 9.17) is 10.7 Å². The van der Waals surface area contributed by atoms with Crippen LogP contribution in [0, 0.1) is 0 Å². The predicted octanol–water partition coefficient (Wildman–Crippen LogP) is 2.98. The number of nitrogen functional groups attached to an aromatic ring is 1. The predicted molar refractivity (Wildman–Crippen MR) is 64.2 cm³/mol. The van der Waals surface area contributed by atoms with Crippen molar-refractivity contribution in [1.29, 1.82) is 0 Å². The van der Waals surface area contributed by atoms with Gasteiger partial charge in [-0.25, -0.2) is 9.97 Å². The summed E-state index contributed by atoms with van der Waals surface area (Å²) in [5.74, 6) is 2.90. The standard InChI is InChI=1S/C13H19N3/c14-12-8-11(9-4-2-1-3-5-9)15-13(16-12)10-6-7-10/h8-10H,1-7H2,(H2,14,15,16). The fourth-order valence-corrected chi connectivity index (χ4v) is 2.64. The quantitative estimate of drug-likeness (QED) is 0.828. The first-order valence-electron chi connectivity index (χ1n) is 6.47. The van der Waals surface area contributed by atoms with Crippen LogP contribution in [-0.4, -0.2) is 9.97 Å². The minimum Gasteiger partial charge on any atom is -0.384 e. The van der Waals surface area contributed by atoms with E-state index in [2.05, 4.69) is 4.98 Å². The van der Waals surface area contributed by atoms with Crippen LogP contribution in [0.2, 0.25) is 0 Å². The summed E-state index contributed by atoms with van der Waals surface area (Å²) in [5.41, 5.74) is 7.08. The maximum absolute atomic E-state index is 5.88. The highest BCUT2D eigenvalue weighted by molar-refractivity contribution is 5.33. The molecule has 0 saturated heterocycles. The van der Waals surface area contributed by atoms with Gasteiger partial charge in [-0.1, -0.05) is 19.3 Å². The van der Waals surface area contributed by atoms with E-state index < -0.39 is 0 Å². The third kappa shape index (κ3) is 2.04. The summed E-state index contributed by atoms with van der Waals surface area (Å²) in [5, 5.41) is 0. The summed E-state index contributed by atoms with van der Waals surface area (Å²) < 4.78 is 0. The Bertz CT molecular complexity index is 379. The molecule has 3 nitrogen and oxygen atoms in total. The normalized spacial score (nSPS) is 22.2. The van der Waals surface area contributed by atoms with Crippen LogP contribution >= 0.6 is 0 Å². The molecule has 1 heterocycles. The van der Waals surface area contributed by atoms with Crippen LogP contribution in [0.5, 0.6) is 0 Å². The van der Waals surface area contributed by atoms with Gasteiger partial charge in [-0.2, -0.15) is 0 Å². The fourth-order valence-electron chi connectivity index (χ4n) is 2.64. The lowest BCUT2D eigenvalue weighted by atomic mass is 9.87. The first-order valence-corrected chi connectivity index (χ1v) is 6.47. The average molecular weight is 217 g/mol. The molecule has 3 rings (SSSR count). The van der Waals surface area contributed by atoms with Gasteiger partial charge in [0.25, 0.3) is 0 Å². The third-order valence-electron chi connectivity index (χ3n) is 3.75. The van der Waals surface area contributed by atoms with Crippen LogP contribution in [0.1, 0.15) is 68.3 Å². The molecule has 2 aliphatic rings. The Morgan fingerprint density at radius 2 is 1.69 bits per heavy atom. The molecule has 0 atom stereocenters. The maximum Gasteiger partial charge on any atom is 0.134 e. The molecule has 2 saturated carbocycles. The number of hydrogen-bond donors (Lipinski definition) is 1. The van der Waals surface area contributed by atoms with Crippen molar-refractivity contribution in [2.45, 2.75) is 56.8 Å². The molecular formula is C13H19N3. The van der Waals surface area contributed by atoms with Gasteiger partial charge in [-0.05, 0) is 25.7 Å². The zero-order valence-corrected chi connectivity index (χ0v) is 9.65. The summed E-state index contributed by atoms with van der Waals surface area (Å²) in [6.07, 6.45) is 9.11. The molecule has 0 amide bonds. The molecule has 86 valence electrons. The van der Waals surface area contributed by atoms with Gasteiger partial charge >= 0.3 is 0 Å². The molecule has 3 heteroatoms. The summed E-state index contributed by atoms with van der Waals surface area (Å²) in [6.45, 7) is 0. The van der Waals surface area contributed by atoms with E-state index in [0.29, 0.717) is 17.7 Å². The molecule has 1 aromatic heterocycles. The van der Waals surface area contributed by atoms with Crippen LogP contribution in [0.3, 0.4) is 0 Å². The van der Waals surface area contributed by atoms with E-state index >= 15 is 0 Å². The second-order valence-corrected chi connectivity index (χ2v) is 5.19. The lowest BCUT2D eigenvalue weighted by Gasteiger charge is -2.21. The highest BCUT2D eigenvalue weighted by atomic mass is 15.0. The van der Waals surface area contributed by atoms with Gasteiger partial charge in [-0.15, -0.1) is 0 Å². The lowest BCUT2D eigenvalue weighted by molar-refractivity contribution is 0.435. The van der Waals surface area contributed by atoms with Gasteiger partial charge in [0.2, 0.25) is 0 Å². The lowest BCUT2D eigenvalue weighted by Crippen LogP contribution is -2.10. The SMILES string of the molecule is Nc1cc(C2CCCCC2)nc(C2CC2)n1. The van der Waals surface area contributed by atoms with Gasteiger partial charge < -0.3 is 5.73 Å². The summed E-state index contributed by atoms with van der Waals surface area (Å²) in [6, 6.07) is 1.99. The Kier molecular flexibility index (Phi) is 2.54. The van der Waals surface area contributed by atoms with E-state index in [-0.39, 0.29) is 0 Å². The van der Waals surface area contributed by atoms with E-state index in [0.717, 1.165) is 5.82 Å². The maximum atomic E-state index is 5.88. The molecule has 2 N–H and O–H groups in total. The Hall–Kier alpha value is -1.12. The van der Waals surface area contributed by atoms with Gasteiger partial charge in [0, 0.05) is 23.6 Å². The molecule has 0 radical (unpaired) electrons. The van der Waals surface area contributed by atoms with Crippen molar-refractivity contribution < 1.29 is 0 Å². The Morgan fingerprint density at radius 1 is 0.938 bits per heavy atom. The van der Waals surface area contributed by atoms with Crippen molar-refractivity contribution in [1.82, 2.24) is 9.97 Å². The molecule has 0 unspecified atom stereocenters. The molecule has 0 aromatic carbocycles. The highest BCUT2D eigenvalue weighted by Crippen LogP contribution is 2.39. The van der Waals surface area contributed by atoms with Crippen LogP contribution in [-0.2, 0) is 0 Å². The number of nitrogens with zero attached hydrogens (tertiary/aromatic N) is 2. The van der Waals surface area contributed by atoms with E-state index in [1.165, 1.54) is 50.6 Å². The third-order valence-corrected chi connectivity index (χ3v) is 3.75. The molecular weight excluding hydrogens is 198 g/mol. The molecule has 2 fully saturated rings. The number of anilines is 1. The summed E-state index contributed by atoms with van der Waals surface area (Å²) in [7, 11) is 0. The van der Waals surface area contributed by atoms with Gasteiger partial charge in [0.05, 0.1) is 0 Å². The van der Waals surface area contributed by atoms with Crippen LogP contribution < -0.4 is 5.73 Å². The van der Waals surface area contributed by atoms with Crippen molar-refractivity contribution in [2.24, 2.45) is 0 Å². The van der Waals surface area contributed by atoms with Crippen molar-refractivity contribution in [3.8, 4) is 0 Å². The van der Waals surface area contributed by atoms with E-state index in [9.17, 15) is 0 Å². The van der Waals surface area contributed by atoms with Gasteiger partial charge in [-0.3, -0.25) is 0 Å². The van der Waals surface area contributed by atoms with Crippen LogP contribution in [0.15, 0.2) is 6.07 Å². The molecule has 1 aromatic rings. The van der Waals surface area contributed by atoms with Crippen molar-refractivity contribution in [2.75, 3.05) is 5.73 Å². The van der Waals surface area contributed by atoms with Crippen molar-refractivity contribution in [3.63, 3.8) is 0 Å². The van der Waals surface area contributed by atoms with Gasteiger partial charge in [0.15, 0.2) is 0 Å². The average Bonchev–Trinajstić information content (AvgIpc) is 3.13. The van der Waals surface area contributed by atoms with E-state index in [1.807, 2.05) is 6.07 Å². The zero-order chi connectivity index (χ0) is 11.0. The monoisotopic (exact) mass is 217 g/mol. The number of rotatable bonds is 2. The molecule has 0 bridgehead atoms. The number of nitrogens with two attached hydrogens (primary N) is 1. The number of aromatic nitrogens is 2. The molecule has 2 aliphatic carbocycles. The van der Waals surface area contributed by atoms with Gasteiger partial charge in [0.1, 0.15) is 11.6 Å². The minimum atomic E-state index is 0.603. The molecule has 0 spiro atoms. The zero-order valence-electron chi connectivity index (χ0n) is 9.65. The largest absolute Gasteiger partial charge is 0.384 e.